The highest BCUT2D eigenvalue weighted by Crippen LogP contribution is 2.21. The number of aryl methyl sites for hydroxylation is 2. The van der Waals surface area contributed by atoms with Crippen LogP contribution in [-0.2, 0) is 17.8 Å². The van der Waals surface area contributed by atoms with Crippen molar-refractivity contribution in [3.8, 4) is 0 Å². The van der Waals surface area contributed by atoms with Crippen LogP contribution in [-0.4, -0.2) is 33.2 Å². The SMILES string of the molecule is Cc1cc(C)n(C[C@@H]2CCCN2C(=O)Cc2cccs2)n1. The van der Waals surface area contributed by atoms with Gasteiger partial charge in [0, 0.05) is 17.1 Å². The summed E-state index contributed by atoms with van der Waals surface area (Å²) in [5.74, 6) is 0.251. The van der Waals surface area contributed by atoms with Gasteiger partial charge in [-0.2, -0.15) is 5.10 Å². The Balaban J connectivity index is 1.67. The average molecular weight is 303 g/mol. The summed E-state index contributed by atoms with van der Waals surface area (Å²) < 4.78 is 2.04. The molecule has 2 aromatic heterocycles. The number of aromatic nitrogens is 2. The predicted molar refractivity (Wildman–Crippen MR) is 84.5 cm³/mol. The van der Waals surface area contributed by atoms with Gasteiger partial charge in [0.05, 0.1) is 24.7 Å². The molecule has 1 amide bonds. The number of carbonyl (C=O) groups excluding carboxylic acids is 1. The minimum Gasteiger partial charge on any atom is -0.338 e. The van der Waals surface area contributed by atoms with Crippen molar-refractivity contribution in [2.24, 2.45) is 0 Å². The molecule has 1 fully saturated rings. The van der Waals surface area contributed by atoms with Crippen LogP contribution in [0.3, 0.4) is 0 Å². The fraction of sp³-hybridized carbons (Fsp3) is 0.500. The summed E-state index contributed by atoms with van der Waals surface area (Å²) in [6.07, 6.45) is 2.71. The Kier molecular flexibility index (Phi) is 4.10. The summed E-state index contributed by atoms with van der Waals surface area (Å²) >= 11 is 1.66. The van der Waals surface area contributed by atoms with E-state index in [2.05, 4.69) is 23.0 Å². The molecular weight excluding hydrogens is 282 g/mol. The van der Waals surface area contributed by atoms with Gasteiger partial charge in [0.2, 0.25) is 5.91 Å². The van der Waals surface area contributed by atoms with Crippen molar-refractivity contribution in [2.75, 3.05) is 6.54 Å². The number of carbonyl (C=O) groups is 1. The lowest BCUT2D eigenvalue weighted by atomic mass is 10.2. The molecule has 0 saturated carbocycles. The molecule has 1 saturated heterocycles. The van der Waals surface area contributed by atoms with E-state index in [-0.39, 0.29) is 11.9 Å². The second kappa shape index (κ2) is 6.02. The molecule has 1 aliphatic rings. The van der Waals surface area contributed by atoms with Gasteiger partial charge in [0.1, 0.15) is 0 Å². The normalized spacial score (nSPS) is 18.4. The molecule has 4 nitrogen and oxygen atoms in total. The Hall–Kier alpha value is -1.62. The van der Waals surface area contributed by atoms with Crippen LogP contribution in [0.2, 0.25) is 0 Å². The lowest BCUT2D eigenvalue weighted by Gasteiger charge is -2.25. The molecule has 21 heavy (non-hydrogen) atoms. The summed E-state index contributed by atoms with van der Waals surface area (Å²) in [5.41, 5.74) is 2.21. The average Bonchev–Trinajstić information content (AvgIpc) is 3.13. The smallest absolute Gasteiger partial charge is 0.228 e. The molecule has 0 unspecified atom stereocenters. The van der Waals surface area contributed by atoms with Crippen molar-refractivity contribution in [3.63, 3.8) is 0 Å². The Labute approximate surface area is 129 Å². The Morgan fingerprint density at radius 2 is 2.33 bits per heavy atom. The molecular formula is C16H21N3OS. The Morgan fingerprint density at radius 1 is 1.48 bits per heavy atom. The van der Waals surface area contributed by atoms with Gasteiger partial charge in [0.25, 0.3) is 0 Å². The number of hydrogen-bond donors (Lipinski definition) is 0. The van der Waals surface area contributed by atoms with E-state index in [0.717, 1.165) is 36.5 Å². The zero-order valence-electron chi connectivity index (χ0n) is 12.6. The molecule has 1 aliphatic heterocycles. The zero-order chi connectivity index (χ0) is 14.8. The summed E-state index contributed by atoms with van der Waals surface area (Å²) in [7, 11) is 0. The Morgan fingerprint density at radius 3 is 3.00 bits per heavy atom. The van der Waals surface area contributed by atoms with Gasteiger partial charge in [-0.05, 0) is 44.2 Å². The second-order valence-electron chi connectivity index (χ2n) is 5.75. The monoisotopic (exact) mass is 303 g/mol. The second-order valence-corrected chi connectivity index (χ2v) is 6.78. The van der Waals surface area contributed by atoms with E-state index in [1.54, 1.807) is 11.3 Å². The number of thiophene rings is 1. The molecule has 0 spiro atoms. The largest absolute Gasteiger partial charge is 0.338 e. The maximum atomic E-state index is 12.5. The zero-order valence-corrected chi connectivity index (χ0v) is 13.4. The quantitative estimate of drug-likeness (QED) is 0.871. The number of hydrogen-bond acceptors (Lipinski definition) is 3. The molecule has 0 N–H and O–H groups in total. The van der Waals surface area contributed by atoms with Crippen molar-refractivity contribution < 1.29 is 4.79 Å². The molecule has 0 bridgehead atoms. The first kappa shape index (κ1) is 14.3. The molecule has 5 heteroatoms. The van der Waals surface area contributed by atoms with E-state index in [1.807, 2.05) is 29.1 Å². The van der Waals surface area contributed by atoms with Gasteiger partial charge >= 0.3 is 0 Å². The first-order valence-corrected chi connectivity index (χ1v) is 8.34. The van der Waals surface area contributed by atoms with Crippen LogP contribution >= 0.6 is 11.3 Å². The van der Waals surface area contributed by atoms with Gasteiger partial charge < -0.3 is 4.90 Å². The van der Waals surface area contributed by atoms with E-state index >= 15 is 0 Å². The van der Waals surface area contributed by atoms with Crippen LogP contribution < -0.4 is 0 Å². The third kappa shape index (κ3) is 3.18. The highest BCUT2D eigenvalue weighted by molar-refractivity contribution is 7.10. The maximum Gasteiger partial charge on any atom is 0.228 e. The van der Waals surface area contributed by atoms with Gasteiger partial charge in [-0.3, -0.25) is 9.48 Å². The maximum absolute atomic E-state index is 12.5. The first-order chi connectivity index (χ1) is 10.1. The highest BCUT2D eigenvalue weighted by Gasteiger charge is 2.29. The number of rotatable bonds is 4. The minimum atomic E-state index is 0.251. The van der Waals surface area contributed by atoms with E-state index < -0.39 is 0 Å². The fourth-order valence-electron chi connectivity index (χ4n) is 3.08. The van der Waals surface area contributed by atoms with Crippen LogP contribution in [0.15, 0.2) is 23.6 Å². The van der Waals surface area contributed by atoms with Crippen molar-refractivity contribution in [1.29, 1.82) is 0 Å². The van der Waals surface area contributed by atoms with Crippen molar-refractivity contribution in [1.82, 2.24) is 14.7 Å². The van der Waals surface area contributed by atoms with E-state index in [4.69, 9.17) is 0 Å². The summed E-state index contributed by atoms with van der Waals surface area (Å²) in [5, 5.41) is 6.55. The van der Waals surface area contributed by atoms with Gasteiger partial charge in [-0.15, -0.1) is 11.3 Å². The van der Waals surface area contributed by atoms with Crippen LogP contribution in [0.1, 0.15) is 29.1 Å². The topological polar surface area (TPSA) is 38.1 Å². The third-order valence-corrected chi connectivity index (χ3v) is 4.97. The van der Waals surface area contributed by atoms with Gasteiger partial charge in [-0.1, -0.05) is 6.07 Å². The highest BCUT2D eigenvalue weighted by atomic mass is 32.1. The lowest BCUT2D eigenvalue weighted by Crippen LogP contribution is -2.39. The summed E-state index contributed by atoms with van der Waals surface area (Å²) in [4.78, 5) is 15.7. The van der Waals surface area contributed by atoms with Crippen LogP contribution in [0.4, 0.5) is 0 Å². The van der Waals surface area contributed by atoms with Crippen LogP contribution in [0, 0.1) is 13.8 Å². The van der Waals surface area contributed by atoms with E-state index in [1.165, 1.54) is 5.69 Å². The number of likely N-dealkylation sites (tertiary alicyclic amines) is 1. The number of nitrogens with zero attached hydrogens (tertiary/aromatic N) is 3. The summed E-state index contributed by atoms with van der Waals surface area (Å²) in [6, 6.07) is 6.42. The third-order valence-electron chi connectivity index (χ3n) is 4.09. The predicted octanol–water partition coefficient (Wildman–Crippen LogP) is 2.80. The van der Waals surface area contributed by atoms with Gasteiger partial charge in [-0.25, -0.2) is 0 Å². The van der Waals surface area contributed by atoms with Gasteiger partial charge in [0.15, 0.2) is 0 Å². The van der Waals surface area contributed by atoms with Crippen LogP contribution in [0.25, 0.3) is 0 Å². The Bertz CT molecular complexity index is 618. The van der Waals surface area contributed by atoms with Crippen molar-refractivity contribution in [3.05, 3.63) is 39.8 Å². The molecule has 0 aromatic carbocycles. The fourth-order valence-corrected chi connectivity index (χ4v) is 3.77. The first-order valence-electron chi connectivity index (χ1n) is 7.46. The standard InChI is InChI=1S/C16H21N3OS/c1-12-9-13(2)19(17-12)11-14-5-3-7-18(14)16(20)10-15-6-4-8-21-15/h4,6,8-9,14H,3,5,7,10-11H2,1-2H3/t14-/m0/s1. The van der Waals surface area contributed by atoms with Crippen LogP contribution in [0.5, 0.6) is 0 Å². The van der Waals surface area contributed by atoms with E-state index in [0.29, 0.717) is 6.42 Å². The van der Waals surface area contributed by atoms with Crippen molar-refractivity contribution in [2.45, 2.75) is 45.7 Å². The molecule has 1 atom stereocenters. The molecule has 3 heterocycles. The molecule has 112 valence electrons. The molecule has 0 radical (unpaired) electrons. The molecule has 0 aliphatic carbocycles. The number of amides is 1. The lowest BCUT2D eigenvalue weighted by molar-refractivity contribution is -0.131. The molecule has 3 rings (SSSR count). The minimum absolute atomic E-state index is 0.251. The molecule has 2 aromatic rings. The summed E-state index contributed by atoms with van der Waals surface area (Å²) in [6.45, 7) is 5.79. The van der Waals surface area contributed by atoms with Crippen molar-refractivity contribution >= 4 is 17.2 Å². The van der Waals surface area contributed by atoms with E-state index in [9.17, 15) is 4.79 Å².